The normalized spacial score (nSPS) is 13.0. The Morgan fingerprint density at radius 2 is 1.95 bits per heavy atom. The van der Waals surface area contributed by atoms with Crippen LogP contribution in [-0.2, 0) is 10.0 Å². The van der Waals surface area contributed by atoms with E-state index in [4.69, 9.17) is 16.7 Å². The van der Waals surface area contributed by atoms with Crippen LogP contribution in [0.25, 0.3) is 0 Å². The molecular weight excluding hydrogens is 378 g/mol. The Morgan fingerprint density at radius 1 is 1.33 bits per heavy atom. The maximum Gasteiger partial charge on any atom is 0.238 e. The maximum atomic E-state index is 11.2. The second-order valence-electron chi connectivity index (χ2n) is 4.48. The molecule has 0 radical (unpaired) electrons. The Kier molecular flexibility index (Phi) is 4.88. The van der Waals surface area contributed by atoms with Crippen molar-refractivity contribution < 1.29 is 8.42 Å². The van der Waals surface area contributed by atoms with E-state index in [0.717, 1.165) is 11.3 Å². The highest BCUT2D eigenvalue weighted by Gasteiger charge is 2.10. The zero-order chi connectivity index (χ0) is 15.6. The summed E-state index contributed by atoms with van der Waals surface area (Å²) < 4.78 is 23.1. The predicted molar refractivity (Wildman–Crippen MR) is 86.8 cm³/mol. The molecule has 2 aromatic rings. The molecule has 1 aromatic heterocycles. The first-order valence-electron chi connectivity index (χ1n) is 5.98. The Hall–Kier alpha value is -1.15. The van der Waals surface area contributed by atoms with Gasteiger partial charge in [-0.3, -0.25) is 0 Å². The average Bonchev–Trinajstić information content (AvgIpc) is 2.42. The third kappa shape index (κ3) is 4.16. The van der Waals surface area contributed by atoms with Gasteiger partial charge in [-0.25, -0.2) is 18.5 Å². The molecule has 0 aliphatic heterocycles. The molecule has 0 aliphatic rings. The molecule has 112 valence electrons. The van der Waals surface area contributed by atoms with Crippen LogP contribution >= 0.6 is 27.5 Å². The van der Waals surface area contributed by atoms with Gasteiger partial charge in [0, 0.05) is 6.04 Å². The Morgan fingerprint density at radius 3 is 2.48 bits per heavy atom. The molecule has 0 bridgehead atoms. The summed E-state index contributed by atoms with van der Waals surface area (Å²) in [5, 5.41) is 8.71. The van der Waals surface area contributed by atoms with Gasteiger partial charge in [-0.15, -0.1) is 0 Å². The minimum absolute atomic E-state index is 0.0330. The number of aromatic nitrogens is 1. The van der Waals surface area contributed by atoms with E-state index in [9.17, 15) is 8.42 Å². The lowest BCUT2D eigenvalue weighted by Crippen LogP contribution is -2.12. The van der Waals surface area contributed by atoms with Crippen LogP contribution in [0.3, 0.4) is 0 Å². The molecule has 0 saturated carbocycles. The van der Waals surface area contributed by atoms with Gasteiger partial charge in [0.25, 0.3) is 0 Å². The molecule has 8 heteroatoms. The van der Waals surface area contributed by atoms with E-state index in [2.05, 4.69) is 26.2 Å². The minimum atomic E-state index is -3.67. The van der Waals surface area contributed by atoms with E-state index < -0.39 is 10.0 Å². The zero-order valence-corrected chi connectivity index (χ0v) is 14.2. The van der Waals surface area contributed by atoms with Crippen molar-refractivity contribution in [3.05, 3.63) is 51.7 Å². The van der Waals surface area contributed by atoms with Crippen molar-refractivity contribution in [2.24, 2.45) is 5.14 Å². The van der Waals surface area contributed by atoms with Gasteiger partial charge >= 0.3 is 0 Å². The van der Waals surface area contributed by atoms with Crippen LogP contribution in [0.2, 0.25) is 5.15 Å². The van der Waals surface area contributed by atoms with Gasteiger partial charge in [-0.2, -0.15) is 0 Å². The molecule has 1 heterocycles. The van der Waals surface area contributed by atoms with Crippen LogP contribution in [0.1, 0.15) is 18.5 Å². The molecule has 21 heavy (non-hydrogen) atoms. The molecule has 1 atom stereocenters. The summed E-state index contributed by atoms with van der Waals surface area (Å²) in [4.78, 5) is 4.12. The van der Waals surface area contributed by atoms with E-state index in [1.54, 1.807) is 18.3 Å². The highest BCUT2D eigenvalue weighted by molar-refractivity contribution is 9.10. The number of nitrogens with zero attached hydrogens (tertiary/aromatic N) is 1. The van der Waals surface area contributed by atoms with Crippen molar-refractivity contribution >= 4 is 43.2 Å². The van der Waals surface area contributed by atoms with Gasteiger partial charge in [-0.1, -0.05) is 23.7 Å². The standard InChI is InChI=1S/C13H13BrClN3O2S/c1-8(18-10-6-12(14)13(15)17-7-10)9-2-4-11(5-3-9)21(16,19)20/h2-8,18H,1H3,(H2,16,19,20). The number of benzene rings is 1. The lowest BCUT2D eigenvalue weighted by atomic mass is 10.1. The monoisotopic (exact) mass is 389 g/mol. The van der Waals surface area contributed by atoms with E-state index >= 15 is 0 Å². The fourth-order valence-corrected chi connectivity index (χ4v) is 2.75. The Labute approximate surface area is 136 Å². The van der Waals surface area contributed by atoms with E-state index in [-0.39, 0.29) is 10.9 Å². The largest absolute Gasteiger partial charge is 0.377 e. The lowest BCUT2D eigenvalue weighted by molar-refractivity contribution is 0.597. The number of rotatable bonds is 4. The Balaban J connectivity index is 2.16. The summed E-state index contributed by atoms with van der Waals surface area (Å²) in [6.45, 7) is 1.95. The molecule has 0 fully saturated rings. The number of halogens is 2. The first kappa shape index (κ1) is 16.2. The predicted octanol–water partition coefficient (Wildman–Crippen LogP) is 3.32. The summed E-state index contributed by atoms with van der Waals surface area (Å²) in [7, 11) is -3.67. The van der Waals surface area contributed by atoms with E-state index in [0.29, 0.717) is 9.63 Å². The summed E-state index contributed by atoms with van der Waals surface area (Å²) in [5.74, 6) is 0. The molecule has 5 nitrogen and oxygen atoms in total. The minimum Gasteiger partial charge on any atom is -0.377 e. The number of pyridine rings is 1. The summed E-state index contributed by atoms with van der Waals surface area (Å²) in [6, 6.07) is 8.20. The van der Waals surface area contributed by atoms with E-state index in [1.165, 1.54) is 12.1 Å². The van der Waals surface area contributed by atoms with Crippen LogP contribution in [0.15, 0.2) is 45.9 Å². The smallest absolute Gasteiger partial charge is 0.238 e. The number of hydrogen-bond donors (Lipinski definition) is 2. The second kappa shape index (κ2) is 6.31. The molecule has 1 unspecified atom stereocenters. The molecule has 0 aliphatic carbocycles. The topological polar surface area (TPSA) is 85.1 Å². The van der Waals surface area contributed by atoms with Gasteiger partial charge < -0.3 is 5.32 Å². The highest BCUT2D eigenvalue weighted by atomic mass is 79.9. The van der Waals surface area contributed by atoms with Crippen molar-refractivity contribution in [2.45, 2.75) is 17.9 Å². The SMILES string of the molecule is CC(Nc1cnc(Cl)c(Br)c1)c1ccc(S(N)(=O)=O)cc1. The molecule has 3 N–H and O–H groups in total. The quantitative estimate of drug-likeness (QED) is 0.784. The van der Waals surface area contributed by atoms with Gasteiger partial charge in [0.1, 0.15) is 5.15 Å². The highest BCUT2D eigenvalue weighted by Crippen LogP contribution is 2.26. The second-order valence-corrected chi connectivity index (χ2v) is 7.25. The molecule has 0 amide bonds. The van der Waals surface area contributed by atoms with Crippen LogP contribution in [-0.4, -0.2) is 13.4 Å². The maximum absolute atomic E-state index is 11.2. The number of hydrogen-bond acceptors (Lipinski definition) is 4. The average molecular weight is 391 g/mol. The van der Waals surface area contributed by atoms with Gasteiger partial charge in [0.2, 0.25) is 10.0 Å². The van der Waals surface area contributed by atoms with Crippen molar-refractivity contribution in [3.63, 3.8) is 0 Å². The third-order valence-electron chi connectivity index (χ3n) is 2.89. The summed E-state index contributed by atoms with van der Waals surface area (Å²) in [5.41, 5.74) is 1.72. The number of nitrogens with one attached hydrogen (secondary N) is 1. The number of anilines is 1. The van der Waals surface area contributed by atoms with Gasteiger partial charge in [0.05, 0.1) is 21.3 Å². The molecular formula is C13H13BrClN3O2S. The number of sulfonamides is 1. The first-order valence-corrected chi connectivity index (χ1v) is 8.69. The van der Waals surface area contributed by atoms with Crippen molar-refractivity contribution in [1.82, 2.24) is 4.98 Å². The number of nitrogens with two attached hydrogens (primary N) is 1. The summed E-state index contributed by atoms with van der Waals surface area (Å²) >= 11 is 9.15. The molecule has 1 aromatic carbocycles. The lowest BCUT2D eigenvalue weighted by Gasteiger charge is -2.16. The van der Waals surface area contributed by atoms with Crippen molar-refractivity contribution in [1.29, 1.82) is 0 Å². The Bertz CT molecular complexity index is 751. The van der Waals surface area contributed by atoms with E-state index in [1.807, 2.05) is 13.0 Å². The fourth-order valence-electron chi connectivity index (χ4n) is 1.78. The fraction of sp³-hybridized carbons (Fsp3) is 0.154. The van der Waals surface area contributed by atoms with Gasteiger partial charge in [-0.05, 0) is 46.6 Å². The van der Waals surface area contributed by atoms with Crippen molar-refractivity contribution in [2.75, 3.05) is 5.32 Å². The molecule has 0 saturated heterocycles. The van der Waals surface area contributed by atoms with Crippen LogP contribution in [0.5, 0.6) is 0 Å². The molecule has 2 rings (SSSR count). The third-order valence-corrected chi connectivity index (χ3v) is 4.95. The van der Waals surface area contributed by atoms with Crippen LogP contribution < -0.4 is 10.5 Å². The first-order chi connectivity index (χ1) is 9.77. The summed E-state index contributed by atoms with van der Waals surface area (Å²) in [6.07, 6.45) is 1.63. The zero-order valence-electron chi connectivity index (χ0n) is 11.0. The molecule has 0 spiro atoms. The van der Waals surface area contributed by atoms with Crippen molar-refractivity contribution in [3.8, 4) is 0 Å². The van der Waals surface area contributed by atoms with Gasteiger partial charge in [0.15, 0.2) is 0 Å². The number of primary sulfonamides is 1. The van der Waals surface area contributed by atoms with Crippen LogP contribution in [0, 0.1) is 0 Å². The van der Waals surface area contributed by atoms with Crippen LogP contribution in [0.4, 0.5) is 5.69 Å².